The molecule has 138 valence electrons. The van der Waals surface area contributed by atoms with Crippen LogP contribution in [-0.4, -0.2) is 14.2 Å². The van der Waals surface area contributed by atoms with E-state index in [1.165, 1.54) is 22.3 Å². The van der Waals surface area contributed by atoms with Gasteiger partial charge in [0.25, 0.3) is 0 Å². The summed E-state index contributed by atoms with van der Waals surface area (Å²) in [6, 6.07) is 13.3. The van der Waals surface area contributed by atoms with Crippen molar-refractivity contribution in [3.63, 3.8) is 0 Å². The molecule has 0 fully saturated rings. The SMILES string of the molecule is COc1ccc2c(c1)[C@@H]([C@@H]1c3cc(OC)ccc3CC1(C)C)C(C)(C)C2. The Balaban J connectivity index is 1.89. The lowest BCUT2D eigenvalue weighted by Crippen LogP contribution is -2.31. The molecule has 2 heteroatoms. The molecule has 2 atom stereocenters. The molecule has 0 amide bonds. The van der Waals surface area contributed by atoms with Crippen molar-refractivity contribution < 1.29 is 9.47 Å². The molecule has 2 aliphatic carbocycles. The Morgan fingerprint density at radius 1 is 0.692 bits per heavy atom. The van der Waals surface area contributed by atoms with Gasteiger partial charge in [-0.3, -0.25) is 0 Å². The molecule has 0 bridgehead atoms. The van der Waals surface area contributed by atoms with Crippen molar-refractivity contribution in [1.82, 2.24) is 0 Å². The quantitative estimate of drug-likeness (QED) is 0.703. The van der Waals surface area contributed by atoms with Crippen molar-refractivity contribution in [2.24, 2.45) is 10.8 Å². The van der Waals surface area contributed by atoms with Crippen LogP contribution in [0.5, 0.6) is 11.5 Å². The summed E-state index contributed by atoms with van der Waals surface area (Å²) in [6.45, 7) is 9.72. The first-order chi connectivity index (χ1) is 12.3. The molecule has 2 aromatic carbocycles. The van der Waals surface area contributed by atoms with Crippen molar-refractivity contribution in [1.29, 1.82) is 0 Å². The smallest absolute Gasteiger partial charge is 0.119 e. The molecule has 2 aliphatic rings. The number of hydrogen-bond donors (Lipinski definition) is 0. The van der Waals surface area contributed by atoms with Gasteiger partial charge in [-0.25, -0.2) is 0 Å². The zero-order valence-corrected chi connectivity index (χ0v) is 16.8. The summed E-state index contributed by atoms with van der Waals surface area (Å²) in [5.41, 5.74) is 6.36. The zero-order chi connectivity index (χ0) is 18.7. The zero-order valence-electron chi connectivity index (χ0n) is 16.8. The highest BCUT2D eigenvalue weighted by molar-refractivity contribution is 5.51. The van der Waals surface area contributed by atoms with Gasteiger partial charge < -0.3 is 9.47 Å². The van der Waals surface area contributed by atoms with Crippen molar-refractivity contribution in [3.05, 3.63) is 58.7 Å². The molecule has 2 aromatic rings. The highest BCUT2D eigenvalue weighted by Gasteiger charge is 2.51. The number of benzene rings is 2. The number of rotatable bonds is 3. The Hall–Kier alpha value is -1.96. The molecular formula is C24H30O2. The van der Waals surface area contributed by atoms with Crippen LogP contribution in [0.1, 0.15) is 61.8 Å². The average molecular weight is 351 g/mol. The summed E-state index contributed by atoms with van der Waals surface area (Å²) >= 11 is 0. The van der Waals surface area contributed by atoms with E-state index in [1.807, 2.05) is 0 Å². The molecule has 0 aromatic heterocycles. The lowest BCUT2D eigenvalue weighted by molar-refractivity contribution is 0.188. The van der Waals surface area contributed by atoms with Gasteiger partial charge in [0, 0.05) is 0 Å². The lowest BCUT2D eigenvalue weighted by atomic mass is 9.63. The van der Waals surface area contributed by atoms with Crippen LogP contribution in [0.25, 0.3) is 0 Å². The maximum absolute atomic E-state index is 5.56. The highest BCUT2D eigenvalue weighted by Crippen LogP contribution is 2.62. The molecule has 0 N–H and O–H groups in total. The first-order valence-corrected chi connectivity index (χ1v) is 9.60. The van der Waals surface area contributed by atoms with Crippen molar-refractivity contribution in [2.45, 2.75) is 52.4 Å². The number of methoxy groups -OCH3 is 2. The summed E-state index contributed by atoms with van der Waals surface area (Å²) in [4.78, 5) is 0. The predicted molar refractivity (Wildman–Crippen MR) is 106 cm³/mol. The van der Waals surface area contributed by atoms with Crippen LogP contribution in [0.2, 0.25) is 0 Å². The first-order valence-electron chi connectivity index (χ1n) is 9.60. The van der Waals surface area contributed by atoms with Gasteiger partial charge in [-0.15, -0.1) is 0 Å². The van der Waals surface area contributed by atoms with Crippen LogP contribution in [-0.2, 0) is 12.8 Å². The minimum atomic E-state index is 0.224. The third-order valence-corrected chi connectivity index (χ3v) is 6.69. The minimum absolute atomic E-state index is 0.224. The molecule has 26 heavy (non-hydrogen) atoms. The predicted octanol–water partition coefficient (Wildman–Crippen LogP) is 5.74. The molecule has 0 heterocycles. The maximum Gasteiger partial charge on any atom is 0.119 e. The minimum Gasteiger partial charge on any atom is -0.497 e. The van der Waals surface area contributed by atoms with Gasteiger partial charge in [0.15, 0.2) is 0 Å². The Morgan fingerprint density at radius 2 is 1.08 bits per heavy atom. The van der Waals surface area contributed by atoms with E-state index in [4.69, 9.17) is 9.47 Å². The van der Waals surface area contributed by atoms with Gasteiger partial charge in [-0.05, 0) is 82.0 Å². The fourth-order valence-corrected chi connectivity index (χ4v) is 5.61. The summed E-state index contributed by atoms with van der Waals surface area (Å²) in [6.07, 6.45) is 2.26. The largest absolute Gasteiger partial charge is 0.497 e. The summed E-state index contributed by atoms with van der Waals surface area (Å²) in [5.74, 6) is 2.90. The summed E-state index contributed by atoms with van der Waals surface area (Å²) < 4.78 is 11.1. The van der Waals surface area contributed by atoms with Crippen LogP contribution < -0.4 is 9.47 Å². The normalized spacial score (nSPS) is 24.8. The lowest BCUT2D eigenvalue weighted by Gasteiger charge is -2.40. The van der Waals surface area contributed by atoms with E-state index in [1.54, 1.807) is 14.2 Å². The second-order valence-corrected chi connectivity index (χ2v) is 9.42. The molecule has 0 unspecified atom stereocenters. The van der Waals surface area contributed by atoms with Crippen LogP contribution >= 0.6 is 0 Å². The van der Waals surface area contributed by atoms with E-state index in [0.29, 0.717) is 11.8 Å². The van der Waals surface area contributed by atoms with E-state index >= 15 is 0 Å². The molecule has 0 aliphatic heterocycles. The molecular weight excluding hydrogens is 320 g/mol. The van der Waals surface area contributed by atoms with Crippen molar-refractivity contribution >= 4 is 0 Å². The van der Waals surface area contributed by atoms with Gasteiger partial charge in [0.1, 0.15) is 11.5 Å². The van der Waals surface area contributed by atoms with E-state index in [9.17, 15) is 0 Å². The van der Waals surface area contributed by atoms with Crippen molar-refractivity contribution in [2.75, 3.05) is 14.2 Å². The van der Waals surface area contributed by atoms with Gasteiger partial charge in [-0.1, -0.05) is 39.8 Å². The maximum atomic E-state index is 5.56. The van der Waals surface area contributed by atoms with Gasteiger partial charge in [-0.2, -0.15) is 0 Å². The Morgan fingerprint density at radius 3 is 1.42 bits per heavy atom. The molecule has 0 saturated heterocycles. The number of hydrogen-bond acceptors (Lipinski definition) is 2. The fraction of sp³-hybridized carbons (Fsp3) is 0.500. The third-order valence-electron chi connectivity index (χ3n) is 6.69. The van der Waals surface area contributed by atoms with Crippen LogP contribution in [0.3, 0.4) is 0 Å². The first kappa shape index (κ1) is 17.5. The topological polar surface area (TPSA) is 18.5 Å². The second-order valence-electron chi connectivity index (χ2n) is 9.42. The van der Waals surface area contributed by atoms with Crippen LogP contribution in [0, 0.1) is 10.8 Å². The van der Waals surface area contributed by atoms with Gasteiger partial charge in [0.2, 0.25) is 0 Å². The van der Waals surface area contributed by atoms with Gasteiger partial charge >= 0.3 is 0 Å². The average Bonchev–Trinajstić information content (AvgIpc) is 3.00. The molecule has 4 rings (SSSR count). The Kier molecular flexibility index (Phi) is 3.87. The highest BCUT2D eigenvalue weighted by atomic mass is 16.5. The van der Waals surface area contributed by atoms with Gasteiger partial charge in [0.05, 0.1) is 14.2 Å². The fourth-order valence-electron chi connectivity index (χ4n) is 5.61. The van der Waals surface area contributed by atoms with E-state index in [0.717, 1.165) is 24.3 Å². The van der Waals surface area contributed by atoms with E-state index < -0.39 is 0 Å². The second kappa shape index (κ2) is 5.77. The van der Waals surface area contributed by atoms with Crippen LogP contribution in [0.15, 0.2) is 36.4 Å². The number of fused-ring (bicyclic) bond motifs is 2. The van der Waals surface area contributed by atoms with E-state index in [2.05, 4.69) is 64.1 Å². The Bertz CT molecular complexity index is 776. The van der Waals surface area contributed by atoms with Crippen molar-refractivity contribution in [3.8, 4) is 11.5 Å². The monoisotopic (exact) mass is 350 g/mol. The third kappa shape index (κ3) is 2.53. The van der Waals surface area contributed by atoms with Crippen LogP contribution in [0.4, 0.5) is 0 Å². The van der Waals surface area contributed by atoms with E-state index in [-0.39, 0.29) is 10.8 Å². The molecule has 0 spiro atoms. The molecule has 0 radical (unpaired) electrons. The Labute approximate surface area is 157 Å². The molecule has 0 saturated carbocycles. The number of ether oxygens (including phenoxy) is 2. The standard InChI is InChI=1S/C24H30O2/c1-23(2)13-15-7-9-17(25-5)11-19(15)21(23)22-20-12-18(26-6)10-8-16(20)14-24(22,3)4/h7-12,21-22H,13-14H2,1-6H3/t21-,22-/m0/s1. The summed E-state index contributed by atoms with van der Waals surface area (Å²) in [5, 5.41) is 0. The molecule has 2 nitrogen and oxygen atoms in total. The summed E-state index contributed by atoms with van der Waals surface area (Å²) in [7, 11) is 3.52.